The van der Waals surface area contributed by atoms with Gasteiger partial charge in [0.2, 0.25) is 0 Å². The van der Waals surface area contributed by atoms with Gasteiger partial charge in [0, 0.05) is 0 Å². The topological polar surface area (TPSA) is 82.0 Å². The molecule has 64 valence electrons. The van der Waals surface area contributed by atoms with E-state index in [-0.39, 0.29) is 0 Å². The fraction of sp³-hybridized carbons (Fsp3) is 1.00. The average molecular weight is 182 g/mol. The summed E-state index contributed by atoms with van der Waals surface area (Å²) in [6, 6.07) is 0. The van der Waals surface area contributed by atoms with Crippen LogP contribution in [0.15, 0.2) is 0 Å². The second-order valence-electron chi connectivity index (χ2n) is 1.35. The van der Waals surface area contributed by atoms with E-state index in [4.69, 9.17) is 4.55 Å². The lowest BCUT2D eigenvalue weighted by atomic mass is 11.3. The van der Waals surface area contributed by atoms with Crippen LogP contribution in [0.5, 0.6) is 0 Å². The van der Waals surface area contributed by atoms with Gasteiger partial charge in [-0.1, -0.05) is 0 Å². The van der Waals surface area contributed by atoms with Crippen LogP contribution >= 0.6 is 0 Å². The molecule has 0 saturated heterocycles. The number of alkyl halides is 3. The highest BCUT2D eigenvalue weighted by Crippen LogP contribution is 1.98. The average Bonchev–Trinajstić information content (AvgIpc) is 1.12. The summed E-state index contributed by atoms with van der Waals surface area (Å²) < 4.78 is 56.6. The van der Waals surface area contributed by atoms with Crippen LogP contribution in [0.25, 0.3) is 0 Å². The Hall–Kier alpha value is -0.340. The molecule has 0 radical (unpaired) electrons. The molecule has 4 N–H and O–H groups in total. The molecule has 0 bridgehead atoms. The lowest BCUT2D eigenvalue weighted by Gasteiger charge is -1.83. The van der Waals surface area contributed by atoms with Gasteiger partial charge in [-0.15, -0.1) is 13.2 Å². The largest absolute Gasteiger partial charge is 0.556 e. The first-order chi connectivity index (χ1) is 4.00. The highest BCUT2D eigenvalue weighted by atomic mass is 32.2. The zero-order valence-corrected chi connectivity index (χ0v) is 5.83. The van der Waals surface area contributed by atoms with E-state index >= 15 is 0 Å². The Bertz CT molecular complexity index is 157. The van der Waals surface area contributed by atoms with Crippen molar-refractivity contribution in [1.29, 1.82) is 0 Å². The molecular weight excluding hydrogens is 175 g/mol. The third kappa shape index (κ3) is 2940. The monoisotopic (exact) mass is 182 g/mol. The van der Waals surface area contributed by atoms with Crippen molar-refractivity contribution in [3.8, 4) is 0 Å². The minimum atomic E-state index is -4.25. The number of hydrogen-bond donors (Lipinski definition) is 2. The number of quaternary nitrogens is 1. The highest BCUT2D eigenvalue weighted by Gasteiger charge is 2.23. The summed E-state index contributed by atoms with van der Waals surface area (Å²) in [4.78, 5) is 0. The lowest BCUT2D eigenvalue weighted by molar-refractivity contribution is -0.618. The van der Waals surface area contributed by atoms with Crippen LogP contribution in [0.4, 0.5) is 13.2 Å². The quantitative estimate of drug-likeness (QED) is 0.382. The first-order valence-electron chi connectivity index (χ1n) is 1.84. The minimum Gasteiger partial charge on any atom is -0.286 e. The Morgan fingerprint density at radius 3 is 1.40 bits per heavy atom. The maximum Gasteiger partial charge on any atom is 0.556 e. The molecule has 0 saturated carbocycles. The molecule has 8 heteroatoms. The fourth-order valence-electron chi connectivity index (χ4n) is 0. The summed E-state index contributed by atoms with van der Waals surface area (Å²) in [5.74, 6) is 0. The molecule has 0 spiro atoms. The van der Waals surface area contributed by atoms with E-state index in [1.807, 2.05) is 0 Å². The van der Waals surface area contributed by atoms with Gasteiger partial charge in [-0.05, 0) is 0 Å². The second-order valence-corrected chi connectivity index (χ2v) is 2.81. The number of hydrogen-bond acceptors (Lipinski definition) is 2. The molecule has 0 atom stereocenters. The first-order valence-corrected chi connectivity index (χ1v) is 3.69. The van der Waals surface area contributed by atoms with Crippen molar-refractivity contribution in [3.05, 3.63) is 0 Å². The summed E-state index contributed by atoms with van der Waals surface area (Å²) >= 11 is 0. The smallest absolute Gasteiger partial charge is 0.286 e. The Morgan fingerprint density at radius 2 is 1.40 bits per heavy atom. The molecule has 0 heterocycles. The van der Waals surface area contributed by atoms with Gasteiger partial charge in [-0.25, -0.2) is 0 Å². The standard InChI is InChI=1S/CH2F3N.CH4O3S/c2-1(3,4)5;1-5(2,3)4/h5H2;1H3,(H,2,3,4)/p+1. The van der Waals surface area contributed by atoms with Crippen LogP contribution in [0.2, 0.25) is 0 Å². The maximum atomic E-state index is 10.2. The van der Waals surface area contributed by atoms with Crippen LogP contribution in [-0.2, 0) is 10.1 Å². The molecule has 4 nitrogen and oxygen atoms in total. The molecule has 0 aromatic carbocycles. The highest BCUT2D eigenvalue weighted by molar-refractivity contribution is 7.85. The SMILES string of the molecule is CS(=O)(=O)O.[NH3+]C(F)(F)F. The van der Waals surface area contributed by atoms with Crippen LogP contribution in [0.3, 0.4) is 0 Å². The summed E-state index contributed by atoms with van der Waals surface area (Å²) in [6.07, 6.45) is -3.53. The number of halogens is 3. The third-order valence-electron chi connectivity index (χ3n) is 0. The zero-order valence-electron chi connectivity index (χ0n) is 5.01. The van der Waals surface area contributed by atoms with Gasteiger partial charge >= 0.3 is 6.30 Å². The Balaban J connectivity index is 0. The molecule has 0 amide bonds. The Labute approximate surface area is 55.6 Å². The summed E-state index contributed by atoms with van der Waals surface area (Å²) in [5, 5.41) is 0. The predicted molar refractivity (Wildman–Crippen MR) is 26.4 cm³/mol. The van der Waals surface area contributed by atoms with E-state index < -0.39 is 16.4 Å². The van der Waals surface area contributed by atoms with Crippen molar-refractivity contribution in [1.82, 2.24) is 0 Å². The molecule has 0 aliphatic rings. The molecule has 0 aliphatic carbocycles. The maximum absolute atomic E-state index is 10.2. The predicted octanol–water partition coefficient (Wildman–Crippen LogP) is -0.748. The second kappa shape index (κ2) is 3.74. The van der Waals surface area contributed by atoms with Crippen molar-refractivity contribution < 1.29 is 31.9 Å². The molecule has 10 heavy (non-hydrogen) atoms. The van der Waals surface area contributed by atoms with E-state index in [2.05, 4.69) is 0 Å². The van der Waals surface area contributed by atoms with Crippen molar-refractivity contribution >= 4 is 10.1 Å². The van der Waals surface area contributed by atoms with E-state index in [0.717, 1.165) is 0 Å². The third-order valence-corrected chi connectivity index (χ3v) is 0. The van der Waals surface area contributed by atoms with E-state index in [1.54, 1.807) is 5.73 Å². The fourth-order valence-corrected chi connectivity index (χ4v) is 0. The molecule has 0 aliphatic heterocycles. The van der Waals surface area contributed by atoms with Crippen molar-refractivity contribution in [2.45, 2.75) is 6.30 Å². The van der Waals surface area contributed by atoms with Gasteiger partial charge in [-0.2, -0.15) is 8.42 Å². The van der Waals surface area contributed by atoms with Gasteiger partial charge in [-0.3, -0.25) is 10.3 Å². The van der Waals surface area contributed by atoms with Crippen molar-refractivity contribution in [2.24, 2.45) is 0 Å². The molecule has 0 rings (SSSR count). The van der Waals surface area contributed by atoms with Gasteiger partial charge < -0.3 is 0 Å². The van der Waals surface area contributed by atoms with E-state index in [1.165, 1.54) is 0 Å². The number of rotatable bonds is 0. The normalized spacial score (nSPS) is 11.8. The van der Waals surface area contributed by atoms with Crippen molar-refractivity contribution in [3.63, 3.8) is 0 Å². The van der Waals surface area contributed by atoms with Crippen molar-refractivity contribution in [2.75, 3.05) is 6.26 Å². The summed E-state index contributed by atoms with van der Waals surface area (Å²) in [7, 11) is -3.67. The van der Waals surface area contributed by atoms with Gasteiger partial charge in [0.1, 0.15) is 0 Å². The molecule has 0 unspecified atom stereocenters. The minimum absolute atomic E-state index is 0.715. The molecule has 0 fully saturated rings. The Morgan fingerprint density at radius 1 is 1.40 bits per heavy atom. The molecule has 0 aromatic rings. The lowest BCUT2D eigenvalue weighted by Crippen LogP contribution is -2.64. The van der Waals surface area contributed by atoms with E-state index in [9.17, 15) is 21.6 Å². The summed E-state index contributed by atoms with van der Waals surface area (Å²) in [5.41, 5.74) is 1.77. The van der Waals surface area contributed by atoms with Crippen LogP contribution in [0.1, 0.15) is 0 Å². The Kier molecular flexibility index (Phi) is 4.61. The van der Waals surface area contributed by atoms with Gasteiger partial charge in [0.15, 0.2) is 0 Å². The zero-order chi connectivity index (χ0) is 9.00. The van der Waals surface area contributed by atoms with Gasteiger partial charge in [0.25, 0.3) is 10.1 Å². The van der Waals surface area contributed by atoms with Crippen LogP contribution in [0, 0.1) is 0 Å². The molecule has 0 aromatic heterocycles. The summed E-state index contributed by atoms with van der Waals surface area (Å²) in [6.45, 7) is 0. The van der Waals surface area contributed by atoms with E-state index in [0.29, 0.717) is 6.26 Å². The van der Waals surface area contributed by atoms with Gasteiger partial charge in [0.05, 0.1) is 6.26 Å². The van der Waals surface area contributed by atoms with Crippen LogP contribution < -0.4 is 5.73 Å². The first kappa shape index (κ1) is 12.3. The molecular formula is C2H7F3NO3S+. The van der Waals surface area contributed by atoms with Crippen LogP contribution in [-0.4, -0.2) is 25.5 Å².